The van der Waals surface area contributed by atoms with Crippen LogP contribution in [0.2, 0.25) is 5.02 Å². The molecule has 0 saturated carbocycles. The minimum Gasteiger partial charge on any atom is -0.396 e. The molecule has 1 unspecified atom stereocenters. The summed E-state index contributed by atoms with van der Waals surface area (Å²) in [6.45, 7) is 0.103. The summed E-state index contributed by atoms with van der Waals surface area (Å²) in [4.78, 5) is 12.9. The average molecular weight is 308 g/mol. The maximum Gasteiger partial charge on any atom is 0.220 e. The minimum absolute atomic E-state index is 0.0343. The van der Waals surface area contributed by atoms with Crippen LogP contribution in [0.5, 0.6) is 0 Å². The molecule has 1 atom stereocenters. The van der Waals surface area contributed by atoms with E-state index in [1.807, 2.05) is 17.7 Å². The van der Waals surface area contributed by atoms with Crippen molar-refractivity contribution < 1.29 is 9.90 Å². The van der Waals surface area contributed by atoms with E-state index < -0.39 is 0 Å². The molecule has 3 nitrogen and oxygen atoms in total. The first-order chi connectivity index (χ1) is 8.65. The van der Waals surface area contributed by atoms with E-state index in [9.17, 15) is 4.79 Å². The van der Waals surface area contributed by atoms with Gasteiger partial charge in [-0.15, -0.1) is 11.3 Å². The Hall–Kier alpha value is -0.230. The van der Waals surface area contributed by atoms with E-state index in [1.165, 1.54) is 0 Å². The maximum atomic E-state index is 11.8. The van der Waals surface area contributed by atoms with Gasteiger partial charge in [0.25, 0.3) is 0 Å². The highest BCUT2D eigenvalue weighted by molar-refractivity contribution is 7.98. The molecule has 0 saturated heterocycles. The molecule has 1 rings (SSSR count). The second-order valence-electron chi connectivity index (χ2n) is 3.96. The predicted octanol–water partition coefficient (Wildman–Crippen LogP) is 2.56. The van der Waals surface area contributed by atoms with E-state index in [0.29, 0.717) is 19.3 Å². The number of hydrogen-bond acceptors (Lipinski definition) is 4. The molecule has 102 valence electrons. The van der Waals surface area contributed by atoms with Crippen molar-refractivity contribution in [3.8, 4) is 0 Å². The highest BCUT2D eigenvalue weighted by Crippen LogP contribution is 2.20. The number of aliphatic hydroxyl groups is 1. The van der Waals surface area contributed by atoms with Crippen LogP contribution < -0.4 is 5.32 Å². The van der Waals surface area contributed by atoms with Crippen LogP contribution in [0.25, 0.3) is 0 Å². The molecule has 1 heterocycles. The predicted molar refractivity (Wildman–Crippen MR) is 79.7 cm³/mol. The van der Waals surface area contributed by atoms with Gasteiger partial charge in [-0.1, -0.05) is 11.6 Å². The SMILES string of the molecule is CSCC(CCO)NC(=O)CCc1cc(Cl)cs1. The van der Waals surface area contributed by atoms with Gasteiger partial charge in [-0.05, 0) is 25.2 Å². The van der Waals surface area contributed by atoms with Crippen LogP contribution in [0.3, 0.4) is 0 Å². The normalized spacial score (nSPS) is 12.4. The summed E-state index contributed by atoms with van der Waals surface area (Å²) >= 11 is 9.06. The fourth-order valence-electron chi connectivity index (χ4n) is 1.58. The Kier molecular flexibility index (Phi) is 7.74. The quantitative estimate of drug-likeness (QED) is 0.776. The fraction of sp³-hybridized carbons (Fsp3) is 0.583. The summed E-state index contributed by atoms with van der Waals surface area (Å²) in [6, 6.07) is 1.96. The van der Waals surface area contributed by atoms with Crippen LogP contribution in [-0.2, 0) is 11.2 Å². The lowest BCUT2D eigenvalue weighted by molar-refractivity contribution is -0.121. The zero-order chi connectivity index (χ0) is 13.4. The van der Waals surface area contributed by atoms with E-state index in [4.69, 9.17) is 16.7 Å². The van der Waals surface area contributed by atoms with Crippen LogP contribution in [-0.4, -0.2) is 35.7 Å². The molecule has 0 aliphatic heterocycles. The summed E-state index contributed by atoms with van der Waals surface area (Å²) in [5.74, 6) is 0.865. The zero-order valence-electron chi connectivity index (χ0n) is 10.3. The molecule has 0 bridgehead atoms. The lowest BCUT2D eigenvalue weighted by Gasteiger charge is -2.16. The molecule has 0 spiro atoms. The monoisotopic (exact) mass is 307 g/mol. The molecule has 0 aromatic carbocycles. The highest BCUT2D eigenvalue weighted by Gasteiger charge is 2.11. The third kappa shape index (κ3) is 6.09. The van der Waals surface area contributed by atoms with Gasteiger partial charge >= 0.3 is 0 Å². The van der Waals surface area contributed by atoms with E-state index >= 15 is 0 Å². The number of thioether (sulfide) groups is 1. The number of carbonyl (C=O) groups excluding carboxylic acids is 1. The van der Waals surface area contributed by atoms with Gasteiger partial charge in [0.2, 0.25) is 5.91 Å². The van der Waals surface area contributed by atoms with Gasteiger partial charge in [0.15, 0.2) is 0 Å². The first-order valence-electron chi connectivity index (χ1n) is 5.77. The van der Waals surface area contributed by atoms with Crippen LogP contribution in [0.1, 0.15) is 17.7 Å². The Morgan fingerprint density at radius 1 is 1.67 bits per heavy atom. The molecule has 2 N–H and O–H groups in total. The summed E-state index contributed by atoms with van der Waals surface area (Å²) in [6.07, 6.45) is 3.78. The van der Waals surface area contributed by atoms with E-state index in [1.54, 1.807) is 23.1 Å². The first kappa shape index (κ1) is 15.8. The lowest BCUT2D eigenvalue weighted by Crippen LogP contribution is -2.37. The Morgan fingerprint density at radius 2 is 2.44 bits per heavy atom. The van der Waals surface area contributed by atoms with Gasteiger partial charge in [-0.2, -0.15) is 11.8 Å². The summed E-state index contributed by atoms with van der Waals surface area (Å²) in [5.41, 5.74) is 0. The van der Waals surface area contributed by atoms with Crippen molar-refractivity contribution in [2.45, 2.75) is 25.3 Å². The molecule has 0 radical (unpaired) electrons. The molecule has 1 amide bonds. The number of nitrogens with one attached hydrogen (secondary N) is 1. The molecular formula is C12H18ClNO2S2. The second kappa shape index (κ2) is 8.80. The molecule has 0 fully saturated rings. The number of rotatable bonds is 8. The van der Waals surface area contributed by atoms with E-state index in [2.05, 4.69) is 5.32 Å². The third-order valence-electron chi connectivity index (χ3n) is 2.43. The number of halogens is 1. The van der Waals surface area contributed by atoms with Gasteiger partial charge in [-0.25, -0.2) is 0 Å². The smallest absolute Gasteiger partial charge is 0.220 e. The highest BCUT2D eigenvalue weighted by atomic mass is 35.5. The van der Waals surface area contributed by atoms with Gasteiger partial charge in [0.05, 0.1) is 5.02 Å². The lowest BCUT2D eigenvalue weighted by atomic mass is 10.2. The number of carbonyl (C=O) groups is 1. The Balaban J connectivity index is 2.31. The number of aliphatic hydroxyl groups excluding tert-OH is 1. The van der Waals surface area contributed by atoms with Gasteiger partial charge < -0.3 is 10.4 Å². The van der Waals surface area contributed by atoms with Crippen molar-refractivity contribution in [1.82, 2.24) is 5.32 Å². The van der Waals surface area contributed by atoms with Gasteiger partial charge in [-0.3, -0.25) is 4.79 Å². The molecular weight excluding hydrogens is 290 g/mol. The molecule has 6 heteroatoms. The van der Waals surface area contributed by atoms with Crippen molar-refractivity contribution >= 4 is 40.6 Å². The van der Waals surface area contributed by atoms with Crippen LogP contribution in [0, 0.1) is 0 Å². The molecule has 1 aromatic heterocycles. The second-order valence-corrected chi connectivity index (χ2v) is 6.31. The van der Waals surface area contributed by atoms with E-state index in [-0.39, 0.29) is 18.6 Å². The first-order valence-corrected chi connectivity index (χ1v) is 8.43. The Bertz CT molecular complexity index is 365. The Labute approximate surface area is 121 Å². The van der Waals surface area contributed by atoms with Gasteiger partial charge in [0.1, 0.15) is 0 Å². The standard InChI is InChI=1S/C12H18ClNO2S2/c1-17-8-10(4-5-15)14-12(16)3-2-11-6-9(13)7-18-11/h6-7,10,15H,2-5,8H2,1H3,(H,14,16). The number of aryl methyl sites for hydroxylation is 1. The minimum atomic E-state index is 0.0343. The van der Waals surface area contributed by atoms with Crippen molar-refractivity contribution in [3.63, 3.8) is 0 Å². The molecule has 18 heavy (non-hydrogen) atoms. The van der Waals surface area contributed by atoms with Crippen molar-refractivity contribution in [1.29, 1.82) is 0 Å². The average Bonchev–Trinajstić information content (AvgIpc) is 2.73. The number of amides is 1. The van der Waals surface area contributed by atoms with E-state index in [0.717, 1.165) is 15.7 Å². The van der Waals surface area contributed by atoms with Gasteiger partial charge in [0, 0.05) is 35.1 Å². The summed E-state index contributed by atoms with van der Waals surface area (Å²) in [5, 5.41) is 14.5. The Morgan fingerprint density at radius 3 is 3.00 bits per heavy atom. The maximum absolute atomic E-state index is 11.8. The zero-order valence-corrected chi connectivity index (χ0v) is 12.7. The van der Waals surface area contributed by atoms with Crippen molar-refractivity contribution in [3.05, 3.63) is 21.3 Å². The van der Waals surface area contributed by atoms with Crippen molar-refractivity contribution in [2.75, 3.05) is 18.6 Å². The fourth-order valence-corrected chi connectivity index (χ4v) is 3.30. The topological polar surface area (TPSA) is 49.3 Å². The summed E-state index contributed by atoms with van der Waals surface area (Å²) in [7, 11) is 0. The molecule has 1 aromatic rings. The number of thiophene rings is 1. The molecule has 0 aliphatic carbocycles. The molecule has 0 aliphatic rings. The van der Waals surface area contributed by atoms with Crippen LogP contribution in [0.15, 0.2) is 11.4 Å². The van der Waals surface area contributed by atoms with Crippen LogP contribution in [0.4, 0.5) is 0 Å². The number of hydrogen-bond donors (Lipinski definition) is 2. The van der Waals surface area contributed by atoms with Crippen LogP contribution >= 0.6 is 34.7 Å². The summed E-state index contributed by atoms with van der Waals surface area (Å²) < 4.78 is 0. The third-order valence-corrected chi connectivity index (χ3v) is 4.51. The largest absolute Gasteiger partial charge is 0.396 e. The van der Waals surface area contributed by atoms with Crippen molar-refractivity contribution in [2.24, 2.45) is 0 Å².